The number of carbonyl (C=O) groups is 1. The Balaban J connectivity index is 1.83. The van der Waals surface area contributed by atoms with Crippen molar-refractivity contribution in [1.29, 1.82) is 0 Å². The Morgan fingerprint density at radius 3 is 2.76 bits per heavy atom. The van der Waals surface area contributed by atoms with Gasteiger partial charge < -0.3 is 5.32 Å². The van der Waals surface area contributed by atoms with Gasteiger partial charge in [-0.15, -0.1) is 0 Å². The molecule has 3 rings (SSSR count). The molecule has 2 amide bonds. The van der Waals surface area contributed by atoms with Crippen LogP contribution in [0.1, 0.15) is 23.1 Å². The quantitative estimate of drug-likeness (QED) is 0.830. The predicted molar refractivity (Wildman–Crippen MR) is 87.0 cm³/mol. The third-order valence-electron chi connectivity index (χ3n) is 3.98. The summed E-state index contributed by atoms with van der Waals surface area (Å²) in [7, 11) is 0. The number of urea groups is 1. The van der Waals surface area contributed by atoms with E-state index in [1.54, 1.807) is 0 Å². The van der Waals surface area contributed by atoms with Gasteiger partial charge in [-0.2, -0.15) is 0 Å². The summed E-state index contributed by atoms with van der Waals surface area (Å²) in [6, 6.07) is 14.2. The smallest absolute Gasteiger partial charge is 0.307 e. The predicted octanol–water partition coefficient (Wildman–Crippen LogP) is 4.29. The van der Waals surface area contributed by atoms with Crippen LogP contribution in [-0.4, -0.2) is 12.6 Å². The van der Waals surface area contributed by atoms with Crippen LogP contribution in [0.15, 0.2) is 42.5 Å². The van der Waals surface area contributed by atoms with Gasteiger partial charge in [0.2, 0.25) is 0 Å². The molecule has 3 nitrogen and oxygen atoms in total. The van der Waals surface area contributed by atoms with Crippen LogP contribution in [0.4, 0.5) is 16.2 Å². The molecule has 21 heavy (non-hydrogen) atoms. The molecule has 0 bridgehead atoms. The Kier molecular flexibility index (Phi) is 3.65. The summed E-state index contributed by atoms with van der Waals surface area (Å²) in [5.74, 6) is 0. The zero-order valence-electron chi connectivity index (χ0n) is 12.5. The zero-order valence-corrected chi connectivity index (χ0v) is 12.5. The molecule has 1 N–H and O–H groups in total. The summed E-state index contributed by atoms with van der Waals surface area (Å²) < 4.78 is 0. The van der Waals surface area contributed by atoms with E-state index in [2.05, 4.69) is 24.4 Å². The van der Waals surface area contributed by atoms with Crippen LogP contribution in [0.3, 0.4) is 0 Å². The first-order valence-corrected chi connectivity index (χ1v) is 7.39. The first-order chi connectivity index (χ1) is 10.1. The van der Waals surface area contributed by atoms with E-state index in [-0.39, 0.29) is 6.03 Å². The van der Waals surface area contributed by atoms with Crippen LogP contribution in [-0.2, 0) is 6.42 Å². The minimum absolute atomic E-state index is 0.0471. The molecule has 3 heteroatoms. The molecule has 0 spiro atoms. The average Bonchev–Trinajstić information content (AvgIpc) is 2.49. The van der Waals surface area contributed by atoms with Gasteiger partial charge in [0.15, 0.2) is 0 Å². The van der Waals surface area contributed by atoms with Crippen molar-refractivity contribution in [3.8, 4) is 0 Å². The normalized spacial score (nSPS) is 13.7. The lowest BCUT2D eigenvalue weighted by Gasteiger charge is -2.29. The van der Waals surface area contributed by atoms with Crippen molar-refractivity contribution < 1.29 is 4.79 Å². The number of rotatable bonds is 1. The molecule has 0 aromatic heterocycles. The standard InChI is InChI=1S/C18H20N2O/c1-13-9-10-16(14(2)12-13)19-18(21)20-11-5-7-15-6-3-4-8-17(15)20/h3-4,6,8-10,12H,5,7,11H2,1-2H3,(H,19,21). The summed E-state index contributed by atoms with van der Waals surface area (Å²) in [5.41, 5.74) is 5.46. The number of carbonyl (C=O) groups excluding carboxylic acids is 1. The molecular weight excluding hydrogens is 260 g/mol. The zero-order chi connectivity index (χ0) is 14.8. The Bertz CT molecular complexity index is 679. The van der Waals surface area contributed by atoms with E-state index in [1.165, 1.54) is 11.1 Å². The van der Waals surface area contributed by atoms with Crippen LogP contribution in [0.5, 0.6) is 0 Å². The number of nitrogens with one attached hydrogen (secondary N) is 1. The highest BCUT2D eigenvalue weighted by Crippen LogP contribution is 2.27. The molecule has 1 heterocycles. The minimum Gasteiger partial charge on any atom is -0.307 e. The number of fused-ring (bicyclic) bond motifs is 1. The lowest BCUT2D eigenvalue weighted by Crippen LogP contribution is -2.38. The van der Waals surface area contributed by atoms with Crippen LogP contribution < -0.4 is 10.2 Å². The van der Waals surface area contributed by atoms with Gasteiger partial charge in [-0.25, -0.2) is 4.79 Å². The summed E-state index contributed by atoms with van der Waals surface area (Å²) in [6.45, 7) is 4.85. The van der Waals surface area contributed by atoms with E-state index in [0.717, 1.165) is 36.3 Å². The van der Waals surface area contributed by atoms with E-state index >= 15 is 0 Å². The van der Waals surface area contributed by atoms with E-state index < -0.39 is 0 Å². The highest BCUT2D eigenvalue weighted by atomic mass is 16.2. The lowest BCUT2D eigenvalue weighted by atomic mass is 10.0. The maximum Gasteiger partial charge on any atom is 0.326 e. The second-order valence-electron chi connectivity index (χ2n) is 5.63. The Hall–Kier alpha value is -2.29. The topological polar surface area (TPSA) is 32.3 Å². The summed E-state index contributed by atoms with van der Waals surface area (Å²) >= 11 is 0. The summed E-state index contributed by atoms with van der Waals surface area (Å²) in [5, 5.41) is 3.04. The number of nitrogens with zero attached hydrogens (tertiary/aromatic N) is 1. The van der Waals surface area contributed by atoms with Gasteiger partial charge in [0, 0.05) is 17.9 Å². The van der Waals surface area contributed by atoms with Gasteiger partial charge >= 0.3 is 6.03 Å². The fourth-order valence-corrected chi connectivity index (χ4v) is 2.88. The monoisotopic (exact) mass is 280 g/mol. The molecular formula is C18H20N2O. The molecule has 1 aliphatic rings. The van der Waals surface area contributed by atoms with Gasteiger partial charge in [0.05, 0.1) is 0 Å². The first kappa shape index (κ1) is 13.7. The van der Waals surface area contributed by atoms with Gasteiger partial charge in [-0.1, -0.05) is 35.9 Å². The number of hydrogen-bond acceptors (Lipinski definition) is 1. The van der Waals surface area contributed by atoms with E-state index in [0.29, 0.717) is 0 Å². The van der Waals surface area contributed by atoms with Crippen molar-refractivity contribution in [1.82, 2.24) is 0 Å². The molecule has 0 atom stereocenters. The molecule has 1 aliphatic heterocycles. The van der Waals surface area contributed by atoms with Crippen molar-refractivity contribution in [2.24, 2.45) is 0 Å². The van der Waals surface area contributed by atoms with Crippen LogP contribution in [0.25, 0.3) is 0 Å². The van der Waals surface area contributed by atoms with Crippen molar-refractivity contribution in [2.75, 3.05) is 16.8 Å². The molecule has 2 aromatic carbocycles. The fourth-order valence-electron chi connectivity index (χ4n) is 2.88. The fraction of sp³-hybridized carbons (Fsp3) is 0.278. The molecule has 0 fully saturated rings. The van der Waals surface area contributed by atoms with Crippen molar-refractivity contribution in [2.45, 2.75) is 26.7 Å². The minimum atomic E-state index is -0.0471. The summed E-state index contributed by atoms with van der Waals surface area (Å²) in [4.78, 5) is 14.4. The number of hydrogen-bond donors (Lipinski definition) is 1. The molecule has 108 valence electrons. The third kappa shape index (κ3) is 2.77. The number of para-hydroxylation sites is 1. The van der Waals surface area contributed by atoms with Gasteiger partial charge in [-0.05, 0) is 49.9 Å². The molecule has 0 saturated heterocycles. The Labute approximate surface area is 125 Å². The molecule has 2 aromatic rings. The highest BCUT2D eigenvalue weighted by Gasteiger charge is 2.22. The first-order valence-electron chi connectivity index (χ1n) is 7.39. The number of aryl methyl sites for hydroxylation is 3. The number of anilines is 2. The van der Waals surface area contributed by atoms with Gasteiger partial charge in [0.1, 0.15) is 0 Å². The second kappa shape index (κ2) is 5.60. The van der Waals surface area contributed by atoms with E-state index in [4.69, 9.17) is 0 Å². The number of amides is 2. The average molecular weight is 280 g/mol. The van der Waals surface area contributed by atoms with Gasteiger partial charge in [0.25, 0.3) is 0 Å². The molecule has 0 unspecified atom stereocenters. The van der Waals surface area contributed by atoms with Crippen LogP contribution >= 0.6 is 0 Å². The van der Waals surface area contributed by atoms with E-state index in [9.17, 15) is 4.79 Å². The third-order valence-corrected chi connectivity index (χ3v) is 3.98. The molecule has 0 aliphatic carbocycles. The molecule has 0 saturated carbocycles. The van der Waals surface area contributed by atoms with Crippen LogP contribution in [0, 0.1) is 13.8 Å². The van der Waals surface area contributed by atoms with Gasteiger partial charge in [-0.3, -0.25) is 4.90 Å². The second-order valence-corrected chi connectivity index (χ2v) is 5.63. The lowest BCUT2D eigenvalue weighted by molar-refractivity contribution is 0.256. The van der Waals surface area contributed by atoms with Crippen LogP contribution in [0.2, 0.25) is 0 Å². The molecule has 0 radical (unpaired) electrons. The van der Waals surface area contributed by atoms with Crippen molar-refractivity contribution >= 4 is 17.4 Å². The largest absolute Gasteiger partial charge is 0.326 e. The Morgan fingerprint density at radius 2 is 1.95 bits per heavy atom. The van der Waals surface area contributed by atoms with Crippen molar-refractivity contribution in [3.05, 3.63) is 59.2 Å². The SMILES string of the molecule is Cc1ccc(NC(=O)N2CCCc3ccccc32)c(C)c1. The van der Waals surface area contributed by atoms with Crippen molar-refractivity contribution in [3.63, 3.8) is 0 Å². The summed E-state index contributed by atoms with van der Waals surface area (Å²) in [6.07, 6.45) is 2.06. The van der Waals surface area contributed by atoms with E-state index in [1.807, 2.05) is 42.2 Å². The number of benzene rings is 2. The highest BCUT2D eigenvalue weighted by molar-refractivity contribution is 6.02. The Morgan fingerprint density at radius 1 is 1.14 bits per heavy atom. The maximum atomic E-state index is 12.6. The maximum absolute atomic E-state index is 12.6.